The molecule has 0 spiro atoms. The monoisotopic (exact) mass is 328 g/mol. The van der Waals surface area contributed by atoms with Crippen LogP contribution < -0.4 is 0 Å². The van der Waals surface area contributed by atoms with Crippen molar-refractivity contribution in [2.45, 2.75) is 25.8 Å². The molecule has 2 aromatic rings. The highest BCUT2D eigenvalue weighted by Gasteiger charge is 2.20. The first-order valence-electron chi connectivity index (χ1n) is 8.22. The molecule has 1 aromatic heterocycles. The van der Waals surface area contributed by atoms with Crippen molar-refractivity contribution in [2.24, 2.45) is 0 Å². The summed E-state index contributed by atoms with van der Waals surface area (Å²) in [7, 11) is 3.58. The van der Waals surface area contributed by atoms with Gasteiger partial charge >= 0.3 is 0 Å². The van der Waals surface area contributed by atoms with E-state index in [0.29, 0.717) is 6.04 Å². The molecule has 1 aromatic carbocycles. The third kappa shape index (κ3) is 3.48. The molecule has 0 radical (unpaired) electrons. The van der Waals surface area contributed by atoms with Crippen LogP contribution in [0.2, 0.25) is 0 Å². The lowest BCUT2D eigenvalue weighted by molar-refractivity contribution is 0.0832. The molecule has 3 nitrogen and oxygen atoms in total. The van der Waals surface area contributed by atoms with Crippen LogP contribution >= 0.6 is 11.3 Å². The Morgan fingerprint density at radius 3 is 2.61 bits per heavy atom. The molecule has 2 heterocycles. The van der Waals surface area contributed by atoms with E-state index in [1.807, 2.05) is 6.07 Å². The van der Waals surface area contributed by atoms with Crippen molar-refractivity contribution in [3.8, 4) is 10.4 Å². The maximum absolute atomic E-state index is 12.1. The quantitative estimate of drug-likeness (QED) is 0.836. The topological polar surface area (TPSA) is 23.6 Å². The summed E-state index contributed by atoms with van der Waals surface area (Å²) < 4.78 is 0. The Balaban J connectivity index is 1.83. The van der Waals surface area contributed by atoms with Gasteiger partial charge in [-0.15, -0.1) is 11.3 Å². The molecular weight excluding hydrogens is 304 g/mol. The van der Waals surface area contributed by atoms with Crippen LogP contribution in [0.15, 0.2) is 36.4 Å². The van der Waals surface area contributed by atoms with Crippen molar-refractivity contribution in [1.82, 2.24) is 9.80 Å². The number of carbonyl (C=O) groups is 1. The molecule has 1 aliphatic rings. The third-order valence-corrected chi connectivity index (χ3v) is 5.69. The Morgan fingerprint density at radius 2 is 1.91 bits per heavy atom. The first-order valence-corrected chi connectivity index (χ1v) is 9.04. The zero-order valence-corrected chi connectivity index (χ0v) is 14.9. The van der Waals surface area contributed by atoms with Crippen LogP contribution in [0.3, 0.4) is 0 Å². The molecule has 23 heavy (non-hydrogen) atoms. The number of nitrogens with zero attached hydrogens (tertiary/aromatic N) is 2. The van der Waals surface area contributed by atoms with E-state index in [0.717, 1.165) is 9.75 Å². The molecule has 0 saturated carbocycles. The van der Waals surface area contributed by atoms with Gasteiger partial charge in [-0.1, -0.05) is 18.2 Å². The van der Waals surface area contributed by atoms with Gasteiger partial charge in [-0.3, -0.25) is 9.69 Å². The van der Waals surface area contributed by atoms with Crippen molar-refractivity contribution in [3.63, 3.8) is 0 Å². The molecule has 1 fully saturated rings. The number of benzene rings is 1. The molecule has 0 bridgehead atoms. The van der Waals surface area contributed by atoms with Gasteiger partial charge in [0, 0.05) is 25.0 Å². The average molecular weight is 328 g/mol. The van der Waals surface area contributed by atoms with E-state index in [-0.39, 0.29) is 5.91 Å². The van der Waals surface area contributed by atoms with E-state index in [1.54, 1.807) is 30.3 Å². The normalized spacial score (nSPS) is 16.5. The summed E-state index contributed by atoms with van der Waals surface area (Å²) in [6.07, 6.45) is 2.62. The molecular formula is C19H24N2OS. The largest absolute Gasteiger partial charge is 0.344 e. The van der Waals surface area contributed by atoms with Gasteiger partial charge < -0.3 is 4.90 Å². The van der Waals surface area contributed by atoms with Crippen LogP contribution in [0.25, 0.3) is 10.4 Å². The summed E-state index contributed by atoms with van der Waals surface area (Å²) in [5.41, 5.74) is 2.56. The van der Waals surface area contributed by atoms with Gasteiger partial charge in [-0.05, 0) is 62.2 Å². The number of carbonyl (C=O) groups excluding carboxylic acids is 1. The summed E-state index contributed by atoms with van der Waals surface area (Å²) in [6, 6.07) is 13.2. The molecule has 1 amide bonds. The highest BCUT2D eigenvalue weighted by atomic mass is 32.1. The summed E-state index contributed by atoms with van der Waals surface area (Å²) in [6.45, 7) is 4.69. The molecule has 0 N–H and O–H groups in total. The maximum atomic E-state index is 12.1. The average Bonchev–Trinajstić information content (AvgIpc) is 3.25. The summed E-state index contributed by atoms with van der Waals surface area (Å²) in [5.74, 6) is 0.0721. The van der Waals surface area contributed by atoms with E-state index in [9.17, 15) is 4.79 Å². The van der Waals surface area contributed by atoms with Crippen LogP contribution in [-0.2, 0) is 0 Å². The van der Waals surface area contributed by atoms with Gasteiger partial charge in [-0.2, -0.15) is 0 Å². The highest BCUT2D eigenvalue weighted by molar-refractivity contribution is 7.17. The highest BCUT2D eigenvalue weighted by Crippen LogP contribution is 2.32. The number of likely N-dealkylation sites (tertiary alicyclic amines) is 1. The number of hydrogen-bond acceptors (Lipinski definition) is 3. The van der Waals surface area contributed by atoms with E-state index in [4.69, 9.17) is 0 Å². The van der Waals surface area contributed by atoms with Crippen LogP contribution in [-0.4, -0.2) is 42.9 Å². The number of rotatable bonds is 4. The lowest BCUT2D eigenvalue weighted by Gasteiger charge is -2.24. The van der Waals surface area contributed by atoms with Crippen molar-refractivity contribution >= 4 is 17.2 Å². The standard InChI is InChI=1S/C19H24N2OS/c1-14(21-11-4-5-12-21)15-7-6-8-16(13-15)17-9-10-18(23-17)19(22)20(2)3/h6-10,13-14H,4-5,11-12H2,1-3H3/t14-/m0/s1. The van der Waals surface area contributed by atoms with Gasteiger partial charge in [0.05, 0.1) is 4.88 Å². The van der Waals surface area contributed by atoms with Crippen molar-refractivity contribution < 1.29 is 4.79 Å². The summed E-state index contributed by atoms with van der Waals surface area (Å²) in [4.78, 5) is 18.2. The minimum Gasteiger partial charge on any atom is -0.344 e. The summed E-state index contributed by atoms with van der Waals surface area (Å²) in [5, 5.41) is 0. The Labute approximate surface area is 142 Å². The Morgan fingerprint density at radius 1 is 1.17 bits per heavy atom. The fourth-order valence-corrected chi connectivity index (χ4v) is 4.14. The minimum absolute atomic E-state index is 0.0721. The predicted octanol–water partition coefficient (Wildman–Crippen LogP) is 4.27. The third-order valence-electron chi connectivity index (χ3n) is 4.56. The van der Waals surface area contributed by atoms with Crippen molar-refractivity contribution in [1.29, 1.82) is 0 Å². The van der Waals surface area contributed by atoms with E-state index in [1.165, 1.54) is 37.1 Å². The lowest BCUT2D eigenvalue weighted by Crippen LogP contribution is -2.23. The maximum Gasteiger partial charge on any atom is 0.263 e. The molecule has 0 unspecified atom stereocenters. The fraction of sp³-hybridized carbons (Fsp3) is 0.421. The van der Waals surface area contributed by atoms with Gasteiger partial charge in [0.1, 0.15) is 0 Å². The first kappa shape index (κ1) is 16.2. The molecule has 1 saturated heterocycles. The van der Waals surface area contributed by atoms with Crippen LogP contribution in [0, 0.1) is 0 Å². The molecule has 1 aliphatic heterocycles. The Hall–Kier alpha value is -1.65. The van der Waals surface area contributed by atoms with Gasteiger partial charge in [-0.25, -0.2) is 0 Å². The summed E-state index contributed by atoms with van der Waals surface area (Å²) >= 11 is 1.57. The fourth-order valence-electron chi connectivity index (χ4n) is 3.12. The molecule has 0 aliphatic carbocycles. The van der Waals surface area contributed by atoms with Crippen molar-refractivity contribution in [3.05, 3.63) is 46.8 Å². The van der Waals surface area contributed by atoms with Gasteiger partial charge in [0.2, 0.25) is 0 Å². The van der Waals surface area contributed by atoms with Gasteiger partial charge in [0.25, 0.3) is 5.91 Å². The second-order valence-corrected chi connectivity index (χ2v) is 7.49. The van der Waals surface area contributed by atoms with Crippen LogP contribution in [0.4, 0.5) is 0 Å². The lowest BCUT2D eigenvalue weighted by atomic mass is 10.0. The predicted molar refractivity (Wildman–Crippen MR) is 97.0 cm³/mol. The van der Waals surface area contributed by atoms with Crippen LogP contribution in [0.5, 0.6) is 0 Å². The van der Waals surface area contributed by atoms with Crippen molar-refractivity contribution in [2.75, 3.05) is 27.2 Å². The van der Waals surface area contributed by atoms with E-state index in [2.05, 4.69) is 42.2 Å². The molecule has 4 heteroatoms. The number of thiophene rings is 1. The zero-order chi connectivity index (χ0) is 16.4. The Kier molecular flexibility index (Phi) is 4.83. The van der Waals surface area contributed by atoms with Crippen LogP contribution in [0.1, 0.15) is 41.0 Å². The molecule has 122 valence electrons. The second kappa shape index (κ2) is 6.85. The number of hydrogen-bond donors (Lipinski definition) is 0. The van der Waals surface area contributed by atoms with E-state index >= 15 is 0 Å². The molecule has 3 rings (SSSR count). The Bertz CT molecular complexity index is 686. The second-order valence-electron chi connectivity index (χ2n) is 6.41. The minimum atomic E-state index is 0.0721. The first-order chi connectivity index (χ1) is 11.1. The molecule has 1 atom stereocenters. The zero-order valence-electron chi connectivity index (χ0n) is 14.1. The smallest absolute Gasteiger partial charge is 0.263 e. The SMILES string of the molecule is C[C@@H](c1cccc(-c2ccc(C(=O)N(C)C)s2)c1)N1CCCC1. The van der Waals surface area contributed by atoms with Gasteiger partial charge in [0.15, 0.2) is 0 Å². The van der Waals surface area contributed by atoms with E-state index < -0.39 is 0 Å². The number of amides is 1.